The molecule has 0 unspecified atom stereocenters. The van der Waals surface area contributed by atoms with E-state index in [1.807, 2.05) is 20.8 Å². The van der Waals surface area contributed by atoms with Gasteiger partial charge >= 0.3 is 6.09 Å². The summed E-state index contributed by atoms with van der Waals surface area (Å²) in [7, 11) is 0. The second-order valence-electron chi connectivity index (χ2n) is 4.59. The predicted molar refractivity (Wildman–Crippen MR) is 52.2 cm³/mol. The number of carboxylic acid groups (broad SMARTS) is 1. The number of amides is 1. The highest BCUT2D eigenvalue weighted by molar-refractivity contribution is 5.66. The lowest BCUT2D eigenvalue weighted by molar-refractivity contribution is 0.0606. The van der Waals surface area contributed by atoms with Crippen LogP contribution in [0.25, 0.3) is 0 Å². The summed E-state index contributed by atoms with van der Waals surface area (Å²) in [5, 5.41) is 9.10. The Balaban J connectivity index is 2.83. The van der Waals surface area contributed by atoms with E-state index in [0.29, 0.717) is 13.2 Å². The van der Waals surface area contributed by atoms with E-state index >= 15 is 0 Å². The molecule has 5 nitrogen and oxygen atoms in total. The molecule has 1 fully saturated rings. The second kappa shape index (κ2) is 3.74. The number of nitrogens with two attached hydrogens (primary N) is 1. The third kappa shape index (κ3) is 2.16. The Kier molecular flexibility index (Phi) is 3.01. The van der Waals surface area contributed by atoms with Gasteiger partial charge in [-0.1, -0.05) is 0 Å². The Morgan fingerprint density at radius 2 is 2.07 bits per heavy atom. The molecule has 0 aromatic carbocycles. The van der Waals surface area contributed by atoms with Crippen molar-refractivity contribution in [2.45, 2.75) is 38.4 Å². The Morgan fingerprint density at radius 1 is 1.50 bits per heavy atom. The normalized spacial score (nSPS) is 27.7. The van der Waals surface area contributed by atoms with Crippen LogP contribution < -0.4 is 5.73 Å². The van der Waals surface area contributed by atoms with Crippen molar-refractivity contribution >= 4 is 6.09 Å². The third-order valence-corrected chi connectivity index (χ3v) is 2.35. The summed E-state index contributed by atoms with van der Waals surface area (Å²) < 4.78 is 5.17. The van der Waals surface area contributed by atoms with Crippen LogP contribution in [-0.2, 0) is 4.74 Å². The molecule has 0 aromatic heterocycles. The lowest BCUT2D eigenvalue weighted by atomic mass is 10.0. The van der Waals surface area contributed by atoms with E-state index < -0.39 is 11.6 Å². The summed E-state index contributed by atoms with van der Waals surface area (Å²) in [4.78, 5) is 12.5. The van der Waals surface area contributed by atoms with Gasteiger partial charge < -0.3 is 15.6 Å². The first-order valence-corrected chi connectivity index (χ1v) is 4.69. The standard InChI is InChI=1S/C9H18N2O3/c1-9(2,3)11(8(12)13)7-5-14-4-6(7)10/h6-7H,4-5,10H2,1-3H3,(H,12,13)/t6-,7+/m1/s1. The molecule has 0 aromatic rings. The molecular weight excluding hydrogens is 184 g/mol. The zero-order valence-corrected chi connectivity index (χ0v) is 8.86. The minimum absolute atomic E-state index is 0.217. The fraction of sp³-hybridized carbons (Fsp3) is 0.889. The smallest absolute Gasteiger partial charge is 0.408 e. The van der Waals surface area contributed by atoms with E-state index in [4.69, 9.17) is 15.6 Å². The molecule has 0 bridgehead atoms. The lowest BCUT2D eigenvalue weighted by Gasteiger charge is -2.38. The van der Waals surface area contributed by atoms with Crippen LogP contribution in [0.15, 0.2) is 0 Å². The molecule has 0 saturated carbocycles. The van der Waals surface area contributed by atoms with Crippen LogP contribution in [0.1, 0.15) is 20.8 Å². The Hall–Kier alpha value is -0.810. The van der Waals surface area contributed by atoms with Crippen molar-refractivity contribution < 1.29 is 14.6 Å². The molecule has 0 radical (unpaired) electrons. The van der Waals surface area contributed by atoms with Crippen LogP contribution in [-0.4, -0.2) is 46.9 Å². The van der Waals surface area contributed by atoms with Crippen LogP contribution in [0.3, 0.4) is 0 Å². The van der Waals surface area contributed by atoms with Crippen molar-refractivity contribution in [2.75, 3.05) is 13.2 Å². The topological polar surface area (TPSA) is 75.8 Å². The molecule has 1 aliphatic heterocycles. The van der Waals surface area contributed by atoms with Gasteiger partial charge in [-0.25, -0.2) is 4.79 Å². The summed E-state index contributed by atoms with van der Waals surface area (Å²) in [5.41, 5.74) is 5.34. The minimum atomic E-state index is -0.941. The number of hydrogen-bond donors (Lipinski definition) is 2. The molecule has 0 spiro atoms. The van der Waals surface area contributed by atoms with Crippen molar-refractivity contribution in [3.8, 4) is 0 Å². The van der Waals surface area contributed by atoms with Gasteiger partial charge in [0.15, 0.2) is 0 Å². The predicted octanol–water partition coefficient (Wildman–Crippen LogP) is 0.491. The maximum absolute atomic E-state index is 11.1. The fourth-order valence-corrected chi connectivity index (χ4v) is 1.75. The molecule has 2 atom stereocenters. The molecular formula is C9H18N2O3. The number of hydrogen-bond acceptors (Lipinski definition) is 3. The van der Waals surface area contributed by atoms with E-state index in [2.05, 4.69) is 0 Å². The molecule has 1 amide bonds. The highest BCUT2D eigenvalue weighted by atomic mass is 16.5. The molecule has 1 aliphatic rings. The Morgan fingerprint density at radius 3 is 2.36 bits per heavy atom. The van der Waals surface area contributed by atoms with E-state index in [0.717, 1.165) is 0 Å². The monoisotopic (exact) mass is 202 g/mol. The first-order valence-electron chi connectivity index (χ1n) is 4.69. The SMILES string of the molecule is CC(C)(C)N(C(=O)O)[C@H]1COC[C@H]1N. The zero-order chi connectivity index (χ0) is 10.9. The first-order chi connectivity index (χ1) is 6.34. The van der Waals surface area contributed by atoms with Crippen molar-refractivity contribution in [2.24, 2.45) is 5.73 Å². The fourth-order valence-electron chi connectivity index (χ4n) is 1.75. The third-order valence-electron chi connectivity index (χ3n) is 2.35. The van der Waals surface area contributed by atoms with Crippen LogP contribution in [0.4, 0.5) is 4.79 Å². The summed E-state index contributed by atoms with van der Waals surface area (Å²) >= 11 is 0. The largest absolute Gasteiger partial charge is 0.465 e. The molecule has 3 N–H and O–H groups in total. The van der Waals surface area contributed by atoms with E-state index in [1.54, 1.807) is 0 Å². The molecule has 0 aliphatic carbocycles. The molecule has 14 heavy (non-hydrogen) atoms. The van der Waals surface area contributed by atoms with Crippen molar-refractivity contribution in [3.05, 3.63) is 0 Å². The Bertz CT molecular complexity index is 225. The van der Waals surface area contributed by atoms with Gasteiger partial charge in [0.05, 0.1) is 25.3 Å². The summed E-state index contributed by atoms with van der Waals surface area (Å²) in [6, 6.07) is -0.446. The van der Waals surface area contributed by atoms with Gasteiger partial charge in [-0.15, -0.1) is 0 Å². The van der Waals surface area contributed by atoms with Gasteiger partial charge in [0, 0.05) is 5.54 Å². The van der Waals surface area contributed by atoms with Gasteiger partial charge in [0.25, 0.3) is 0 Å². The maximum atomic E-state index is 11.1. The molecule has 5 heteroatoms. The number of ether oxygens (including phenoxy) is 1. The quantitative estimate of drug-likeness (QED) is 0.649. The zero-order valence-electron chi connectivity index (χ0n) is 8.86. The maximum Gasteiger partial charge on any atom is 0.408 e. The number of nitrogens with zero attached hydrogens (tertiary/aromatic N) is 1. The Labute approximate surface area is 83.8 Å². The van der Waals surface area contributed by atoms with Gasteiger partial charge in [-0.2, -0.15) is 0 Å². The lowest BCUT2D eigenvalue weighted by Crippen LogP contribution is -2.57. The van der Waals surface area contributed by atoms with E-state index in [-0.39, 0.29) is 12.1 Å². The van der Waals surface area contributed by atoms with Crippen LogP contribution in [0.2, 0.25) is 0 Å². The van der Waals surface area contributed by atoms with Crippen LogP contribution in [0.5, 0.6) is 0 Å². The first kappa shape index (κ1) is 11.3. The van der Waals surface area contributed by atoms with Crippen molar-refractivity contribution in [1.29, 1.82) is 0 Å². The molecule has 1 heterocycles. The molecule has 82 valence electrons. The van der Waals surface area contributed by atoms with Gasteiger partial charge in [-0.3, -0.25) is 4.90 Å². The highest BCUT2D eigenvalue weighted by Crippen LogP contribution is 2.22. The number of carbonyl (C=O) groups is 1. The summed E-state index contributed by atoms with van der Waals surface area (Å²) in [5.74, 6) is 0. The average molecular weight is 202 g/mol. The molecule has 1 rings (SSSR count). The average Bonchev–Trinajstić information content (AvgIpc) is 2.32. The van der Waals surface area contributed by atoms with Gasteiger partial charge in [0.2, 0.25) is 0 Å². The highest BCUT2D eigenvalue weighted by Gasteiger charge is 2.39. The van der Waals surface area contributed by atoms with Crippen LogP contribution >= 0.6 is 0 Å². The van der Waals surface area contributed by atoms with Gasteiger partial charge in [-0.05, 0) is 20.8 Å². The number of rotatable bonds is 1. The van der Waals surface area contributed by atoms with Crippen molar-refractivity contribution in [3.63, 3.8) is 0 Å². The second-order valence-corrected chi connectivity index (χ2v) is 4.59. The van der Waals surface area contributed by atoms with E-state index in [1.165, 1.54) is 4.90 Å². The van der Waals surface area contributed by atoms with E-state index in [9.17, 15) is 4.79 Å². The van der Waals surface area contributed by atoms with Crippen molar-refractivity contribution in [1.82, 2.24) is 4.90 Å². The minimum Gasteiger partial charge on any atom is -0.465 e. The van der Waals surface area contributed by atoms with Gasteiger partial charge in [0.1, 0.15) is 0 Å². The summed E-state index contributed by atoms with van der Waals surface area (Å²) in [6.45, 7) is 6.39. The van der Waals surface area contributed by atoms with Crippen LogP contribution in [0, 0.1) is 0 Å². The molecule has 1 saturated heterocycles. The summed E-state index contributed by atoms with van der Waals surface area (Å²) in [6.07, 6.45) is -0.941.